The molecule has 1 amide bonds. The second kappa shape index (κ2) is 6.05. The highest BCUT2D eigenvalue weighted by Gasteiger charge is 2.21. The topological polar surface area (TPSA) is 69.6 Å². The molecule has 0 bridgehead atoms. The molecule has 1 heterocycles. The summed E-state index contributed by atoms with van der Waals surface area (Å²) in [5.41, 5.74) is 3.01. The predicted octanol–water partition coefficient (Wildman–Crippen LogP) is 1.62. The van der Waals surface area contributed by atoms with Crippen LogP contribution in [0.2, 0.25) is 0 Å². The van der Waals surface area contributed by atoms with Gasteiger partial charge >= 0.3 is 5.97 Å². The van der Waals surface area contributed by atoms with E-state index in [2.05, 4.69) is 5.32 Å². The van der Waals surface area contributed by atoms with Crippen LogP contribution in [-0.2, 0) is 17.9 Å². The maximum absolute atomic E-state index is 12.5. The van der Waals surface area contributed by atoms with Gasteiger partial charge in [-0.25, -0.2) is 0 Å². The highest BCUT2D eigenvalue weighted by atomic mass is 16.4. The van der Waals surface area contributed by atoms with Gasteiger partial charge in [0, 0.05) is 31.2 Å². The molecule has 1 aromatic carbocycles. The molecule has 20 heavy (non-hydrogen) atoms. The molecule has 108 valence electrons. The number of carbonyl (C=O) groups is 2. The number of fused-ring (bicyclic) bond motifs is 1. The summed E-state index contributed by atoms with van der Waals surface area (Å²) in [5, 5.41) is 12.0. The molecular formula is C15H20N2O3. The Hall–Kier alpha value is -1.88. The highest BCUT2D eigenvalue weighted by molar-refractivity contribution is 5.95. The third kappa shape index (κ3) is 3.17. The van der Waals surface area contributed by atoms with E-state index in [1.165, 1.54) is 5.56 Å². The molecule has 0 saturated carbocycles. The molecule has 0 unspecified atom stereocenters. The Morgan fingerprint density at radius 1 is 1.30 bits per heavy atom. The summed E-state index contributed by atoms with van der Waals surface area (Å²) >= 11 is 0. The first-order valence-electron chi connectivity index (χ1n) is 6.84. The first-order valence-corrected chi connectivity index (χ1v) is 6.84. The summed E-state index contributed by atoms with van der Waals surface area (Å²) in [5.74, 6) is -0.988. The van der Waals surface area contributed by atoms with E-state index in [1.807, 2.05) is 32.0 Å². The largest absolute Gasteiger partial charge is 0.481 e. The number of carboxylic acids is 1. The number of nitrogens with zero attached hydrogens (tertiary/aromatic N) is 1. The van der Waals surface area contributed by atoms with Crippen molar-refractivity contribution in [3.05, 3.63) is 34.9 Å². The number of rotatable bonds is 5. The van der Waals surface area contributed by atoms with Crippen molar-refractivity contribution in [3.8, 4) is 0 Å². The minimum atomic E-state index is -0.887. The van der Waals surface area contributed by atoms with Gasteiger partial charge in [-0.05, 0) is 37.1 Å². The van der Waals surface area contributed by atoms with Gasteiger partial charge in [-0.3, -0.25) is 9.59 Å². The maximum Gasteiger partial charge on any atom is 0.305 e. The van der Waals surface area contributed by atoms with Crippen molar-refractivity contribution < 1.29 is 14.7 Å². The fourth-order valence-corrected chi connectivity index (χ4v) is 2.40. The van der Waals surface area contributed by atoms with Crippen molar-refractivity contribution in [2.45, 2.75) is 39.4 Å². The van der Waals surface area contributed by atoms with Crippen molar-refractivity contribution in [1.82, 2.24) is 10.2 Å². The molecule has 1 aromatic rings. The Balaban J connectivity index is 2.16. The van der Waals surface area contributed by atoms with Gasteiger partial charge in [0.05, 0.1) is 6.42 Å². The third-order valence-corrected chi connectivity index (χ3v) is 3.53. The van der Waals surface area contributed by atoms with Gasteiger partial charge in [0.1, 0.15) is 0 Å². The van der Waals surface area contributed by atoms with Crippen LogP contribution in [0, 0.1) is 0 Å². The van der Waals surface area contributed by atoms with E-state index in [1.54, 1.807) is 4.90 Å². The van der Waals surface area contributed by atoms with Gasteiger partial charge in [0.2, 0.25) is 0 Å². The van der Waals surface area contributed by atoms with E-state index in [-0.39, 0.29) is 24.9 Å². The van der Waals surface area contributed by atoms with Gasteiger partial charge in [-0.1, -0.05) is 6.07 Å². The second-order valence-corrected chi connectivity index (χ2v) is 5.32. The van der Waals surface area contributed by atoms with Crippen LogP contribution < -0.4 is 5.32 Å². The van der Waals surface area contributed by atoms with Crippen molar-refractivity contribution in [2.24, 2.45) is 0 Å². The standard InChI is InChI=1S/C15H20N2O3/c1-10(2)17(6-5-14(18)19)15(20)11-3-4-12-8-16-9-13(12)7-11/h3-4,7,10,16H,5-6,8-9H2,1-2H3,(H,18,19). The van der Waals surface area contributed by atoms with E-state index in [0.29, 0.717) is 5.56 Å². The van der Waals surface area contributed by atoms with Crippen LogP contribution in [0.15, 0.2) is 18.2 Å². The lowest BCUT2D eigenvalue weighted by Crippen LogP contribution is -2.38. The van der Waals surface area contributed by atoms with Gasteiger partial charge in [0.15, 0.2) is 0 Å². The number of hydrogen-bond acceptors (Lipinski definition) is 3. The molecule has 1 aliphatic rings. The zero-order chi connectivity index (χ0) is 14.7. The Kier molecular flexibility index (Phi) is 4.39. The number of benzene rings is 1. The van der Waals surface area contributed by atoms with Crippen LogP contribution in [0.25, 0.3) is 0 Å². The number of carbonyl (C=O) groups excluding carboxylic acids is 1. The number of nitrogens with one attached hydrogen (secondary N) is 1. The zero-order valence-corrected chi connectivity index (χ0v) is 11.8. The molecule has 0 spiro atoms. The van der Waals surface area contributed by atoms with Gasteiger partial charge < -0.3 is 15.3 Å². The number of hydrogen-bond donors (Lipinski definition) is 2. The molecule has 2 rings (SSSR count). The number of aliphatic carboxylic acids is 1. The van der Waals surface area contributed by atoms with Crippen molar-refractivity contribution in [2.75, 3.05) is 6.54 Å². The molecule has 0 aliphatic carbocycles. The average molecular weight is 276 g/mol. The molecule has 5 heteroatoms. The smallest absolute Gasteiger partial charge is 0.305 e. The summed E-state index contributed by atoms with van der Waals surface area (Å²) in [7, 11) is 0. The second-order valence-electron chi connectivity index (χ2n) is 5.32. The van der Waals surface area contributed by atoms with E-state index >= 15 is 0 Å². The molecule has 0 aromatic heterocycles. The summed E-state index contributed by atoms with van der Waals surface area (Å²) in [6, 6.07) is 5.68. The SMILES string of the molecule is CC(C)N(CCC(=O)O)C(=O)c1ccc2c(c1)CNC2. The first-order chi connectivity index (χ1) is 9.49. The normalized spacial score (nSPS) is 13.3. The Morgan fingerprint density at radius 3 is 2.65 bits per heavy atom. The average Bonchev–Trinajstić information content (AvgIpc) is 2.84. The maximum atomic E-state index is 12.5. The molecular weight excluding hydrogens is 256 g/mol. The fourth-order valence-electron chi connectivity index (χ4n) is 2.40. The van der Waals surface area contributed by atoms with Crippen LogP contribution in [0.1, 0.15) is 41.8 Å². The summed E-state index contributed by atoms with van der Waals surface area (Å²) in [6.07, 6.45) is -0.0313. The van der Waals surface area contributed by atoms with Gasteiger partial charge in [-0.2, -0.15) is 0 Å². The molecule has 0 radical (unpaired) electrons. The van der Waals surface area contributed by atoms with Gasteiger partial charge in [-0.15, -0.1) is 0 Å². The van der Waals surface area contributed by atoms with Crippen molar-refractivity contribution in [3.63, 3.8) is 0 Å². The van der Waals surface area contributed by atoms with E-state index < -0.39 is 5.97 Å². The summed E-state index contributed by atoms with van der Waals surface area (Å²) < 4.78 is 0. The van der Waals surface area contributed by atoms with Crippen molar-refractivity contribution >= 4 is 11.9 Å². The van der Waals surface area contributed by atoms with Crippen LogP contribution in [0.5, 0.6) is 0 Å². The van der Waals surface area contributed by atoms with Gasteiger partial charge in [0.25, 0.3) is 5.91 Å². The summed E-state index contributed by atoms with van der Waals surface area (Å²) in [4.78, 5) is 24.8. The highest BCUT2D eigenvalue weighted by Crippen LogP contribution is 2.19. The number of amides is 1. The Morgan fingerprint density at radius 2 is 2.00 bits per heavy atom. The fraction of sp³-hybridized carbons (Fsp3) is 0.467. The number of carboxylic acid groups (broad SMARTS) is 1. The lowest BCUT2D eigenvalue weighted by atomic mass is 10.0. The quantitative estimate of drug-likeness (QED) is 0.857. The minimum Gasteiger partial charge on any atom is -0.481 e. The van der Waals surface area contributed by atoms with Crippen LogP contribution >= 0.6 is 0 Å². The molecule has 5 nitrogen and oxygen atoms in total. The first kappa shape index (κ1) is 14.5. The van der Waals surface area contributed by atoms with E-state index in [0.717, 1.165) is 18.7 Å². The van der Waals surface area contributed by atoms with Crippen LogP contribution in [0.4, 0.5) is 0 Å². The third-order valence-electron chi connectivity index (χ3n) is 3.53. The lowest BCUT2D eigenvalue weighted by molar-refractivity contribution is -0.137. The van der Waals surface area contributed by atoms with Crippen LogP contribution in [-0.4, -0.2) is 34.5 Å². The predicted molar refractivity (Wildman–Crippen MR) is 75.4 cm³/mol. The monoisotopic (exact) mass is 276 g/mol. The minimum absolute atomic E-state index is 0.0202. The molecule has 0 saturated heterocycles. The molecule has 0 atom stereocenters. The zero-order valence-electron chi connectivity index (χ0n) is 11.8. The molecule has 0 fully saturated rings. The summed E-state index contributed by atoms with van der Waals surface area (Å²) in [6.45, 7) is 5.66. The Bertz CT molecular complexity index is 526. The molecule has 1 aliphatic heterocycles. The van der Waals surface area contributed by atoms with E-state index in [4.69, 9.17) is 5.11 Å². The lowest BCUT2D eigenvalue weighted by Gasteiger charge is -2.26. The van der Waals surface area contributed by atoms with Crippen LogP contribution in [0.3, 0.4) is 0 Å². The van der Waals surface area contributed by atoms with E-state index in [9.17, 15) is 9.59 Å². The van der Waals surface area contributed by atoms with Crippen molar-refractivity contribution in [1.29, 1.82) is 0 Å². The molecule has 2 N–H and O–H groups in total. The Labute approximate surface area is 118 Å².